The lowest BCUT2D eigenvalue weighted by Crippen LogP contribution is -2.14. The lowest BCUT2D eigenvalue weighted by Gasteiger charge is -2.06. The van der Waals surface area contributed by atoms with Crippen LogP contribution in [0.1, 0.15) is 20.7 Å². The molecule has 4 rings (SSSR count). The van der Waals surface area contributed by atoms with E-state index >= 15 is 0 Å². The van der Waals surface area contributed by atoms with E-state index in [1.54, 1.807) is 48.5 Å². The van der Waals surface area contributed by atoms with E-state index in [2.05, 4.69) is 25.3 Å². The van der Waals surface area contributed by atoms with E-state index in [1.165, 1.54) is 6.33 Å². The fourth-order valence-corrected chi connectivity index (χ4v) is 3.23. The van der Waals surface area contributed by atoms with Crippen molar-refractivity contribution in [3.8, 4) is 0 Å². The summed E-state index contributed by atoms with van der Waals surface area (Å²) in [5.41, 5.74) is 1.96. The van der Waals surface area contributed by atoms with Crippen LogP contribution in [0.15, 0.2) is 72.0 Å². The Morgan fingerprint density at radius 2 is 1.56 bits per heavy atom. The first-order chi connectivity index (χ1) is 13.2. The van der Waals surface area contributed by atoms with Gasteiger partial charge in [-0.25, -0.2) is 9.97 Å². The summed E-state index contributed by atoms with van der Waals surface area (Å²) in [6.45, 7) is 0. The summed E-state index contributed by atoms with van der Waals surface area (Å²) < 4.78 is 0. The number of nitrogens with one attached hydrogen (secondary N) is 2. The highest BCUT2D eigenvalue weighted by molar-refractivity contribution is 8.14. The first kappa shape index (κ1) is 16.9. The Hall–Kier alpha value is -3.52. The minimum absolute atomic E-state index is 0.0896. The second-order valence-corrected chi connectivity index (χ2v) is 6.49. The summed E-state index contributed by atoms with van der Waals surface area (Å²) in [5, 5.41) is 2.89. The van der Waals surface area contributed by atoms with Crippen LogP contribution in [0.3, 0.4) is 0 Å². The maximum atomic E-state index is 12.5. The quantitative estimate of drug-likeness (QED) is 0.418. The van der Waals surface area contributed by atoms with Gasteiger partial charge in [-0.15, -0.1) is 0 Å². The van der Waals surface area contributed by atoms with Gasteiger partial charge >= 0.3 is 0 Å². The Bertz CT molecular complexity index is 1110. The van der Waals surface area contributed by atoms with Crippen LogP contribution in [0.5, 0.6) is 0 Å². The van der Waals surface area contributed by atoms with Gasteiger partial charge < -0.3 is 4.98 Å². The van der Waals surface area contributed by atoms with Crippen LogP contribution in [0, 0.1) is 0 Å². The molecule has 0 bridgehead atoms. The van der Waals surface area contributed by atoms with Crippen molar-refractivity contribution in [3.05, 3.63) is 78.1 Å². The number of H-pyrrole nitrogens is 1. The highest BCUT2D eigenvalue weighted by atomic mass is 32.2. The molecule has 8 heteroatoms. The Kier molecular flexibility index (Phi) is 4.63. The summed E-state index contributed by atoms with van der Waals surface area (Å²) in [6.07, 6.45) is 1.47. The normalized spacial score (nSPS) is 10.7. The van der Waals surface area contributed by atoms with Gasteiger partial charge in [0, 0.05) is 11.1 Å². The summed E-state index contributed by atoms with van der Waals surface area (Å²) in [7, 11) is 0. The van der Waals surface area contributed by atoms with E-state index in [1.807, 2.05) is 12.1 Å². The smallest absolute Gasteiger partial charge is 0.258 e. The van der Waals surface area contributed by atoms with Crippen LogP contribution in [-0.2, 0) is 0 Å². The van der Waals surface area contributed by atoms with Crippen molar-refractivity contribution >= 4 is 39.9 Å². The molecule has 0 fully saturated rings. The molecule has 1 amide bonds. The van der Waals surface area contributed by atoms with Crippen LogP contribution in [0.4, 0.5) is 5.95 Å². The first-order valence-electron chi connectivity index (χ1n) is 8.05. The lowest BCUT2D eigenvalue weighted by molar-refractivity contribution is 0.102. The van der Waals surface area contributed by atoms with Crippen LogP contribution < -0.4 is 5.32 Å². The lowest BCUT2D eigenvalue weighted by atomic mass is 10.2. The Morgan fingerprint density at radius 3 is 2.26 bits per heavy atom. The van der Waals surface area contributed by atoms with E-state index in [4.69, 9.17) is 0 Å². The van der Waals surface area contributed by atoms with Gasteiger partial charge in [0.15, 0.2) is 5.65 Å². The molecular formula is C19H13N5O2S. The molecule has 2 aromatic carbocycles. The number of hydrogen-bond donors (Lipinski definition) is 2. The fraction of sp³-hybridized carbons (Fsp3) is 0. The highest BCUT2D eigenvalue weighted by Crippen LogP contribution is 2.27. The summed E-state index contributed by atoms with van der Waals surface area (Å²) in [5.74, 6) is -0.248. The number of benzene rings is 2. The van der Waals surface area contributed by atoms with E-state index in [-0.39, 0.29) is 17.0 Å². The third-order valence-corrected chi connectivity index (χ3v) is 4.62. The topological polar surface area (TPSA) is 101 Å². The average Bonchev–Trinajstić information content (AvgIpc) is 3.18. The number of amides is 1. The van der Waals surface area contributed by atoms with Gasteiger partial charge in [-0.1, -0.05) is 48.5 Å². The number of carbonyl (C=O) groups excluding carboxylic acids is 2. The molecule has 132 valence electrons. The van der Waals surface area contributed by atoms with Crippen molar-refractivity contribution in [2.24, 2.45) is 0 Å². The molecule has 0 saturated heterocycles. The fourth-order valence-electron chi connectivity index (χ4n) is 2.42. The molecule has 0 spiro atoms. The van der Waals surface area contributed by atoms with Crippen LogP contribution >= 0.6 is 11.8 Å². The SMILES string of the molecule is O=C(Nc1nc(SC(=O)c2ccccc2)c2[nH]cnc2n1)c1ccccc1. The minimum Gasteiger partial charge on any atom is -0.341 e. The number of fused-ring (bicyclic) bond motifs is 1. The number of rotatable bonds is 4. The summed E-state index contributed by atoms with van der Waals surface area (Å²) >= 11 is 0.955. The minimum atomic E-state index is -0.337. The van der Waals surface area contributed by atoms with E-state index in [0.717, 1.165) is 11.8 Å². The Balaban J connectivity index is 1.64. The molecule has 0 aliphatic rings. The predicted molar refractivity (Wildman–Crippen MR) is 103 cm³/mol. The van der Waals surface area contributed by atoms with Gasteiger partial charge in [-0.2, -0.15) is 4.98 Å². The molecule has 27 heavy (non-hydrogen) atoms. The maximum Gasteiger partial charge on any atom is 0.258 e. The zero-order valence-corrected chi connectivity index (χ0v) is 14.7. The van der Waals surface area contributed by atoms with Gasteiger partial charge in [0.05, 0.1) is 6.33 Å². The van der Waals surface area contributed by atoms with Gasteiger partial charge in [0.2, 0.25) is 11.1 Å². The van der Waals surface area contributed by atoms with Gasteiger partial charge in [0.1, 0.15) is 10.5 Å². The number of hydrogen-bond acceptors (Lipinski definition) is 6. The first-order valence-corrected chi connectivity index (χ1v) is 8.87. The number of imidazole rings is 1. The molecule has 0 aliphatic carbocycles. The van der Waals surface area contributed by atoms with Gasteiger partial charge in [-0.05, 0) is 23.9 Å². The van der Waals surface area contributed by atoms with Crippen molar-refractivity contribution in [2.75, 3.05) is 5.32 Å². The molecule has 4 aromatic rings. The Labute approximate surface area is 158 Å². The maximum absolute atomic E-state index is 12.5. The second-order valence-electron chi connectivity index (χ2n) is 5.53. The molecule has 0 saturated carbocycles. The summed E-state index contributed by atoms with van der Waals surface area (Å²) in [4.78, 5) is 40.5. The molecule has 0 radical (unpaired) electrons. The van der Waals surface area contributed by atoms with Crippen LogP contribution in [0.25, 0.3) is 11.2 Å². The van der Waals surface area contributed by atoms with Gasteiger partial charge in [-0.3, -0.25) is 14.9 Å². The number of carbonyl (C=O) groups is 2. The molecule has 2 aromatic heterocycles. The van der Waals surface area contributed by atoms with E-state index < -0.39 is 0 Å². The number of anilines is 1. The number of thioether (sulfide) groups is 1. The second kappa shape index (κ2) is 7.38. The monoisotopic (exact) mass is 375 g/mol. The molecule has 0 aliphatic heterocycles. The van der Waals surface area contributed by atoms with E-state index in [0.29, 0.717) is 27.3 Å². The average molecular weight is 375 g/mol. The number of nitrogens with zero attached hydrogens (tertiary/aromatic N) is 3. The molecule has 0 atom stereocenters. The van der Waals surface area contributed by atoms with Crippen LogP contribution in [-0.4, -0.2) is 31.0 Å². The number of aromatic amines is 1. The van der Waals surface area contributed by atoms with Crippen molar-refractivity contribution in [3.63, 3.8) is 0 Å². The highest BCUT2D eigenvalue weighted by Gasteiger charge is 2.17. The van der Waals surface area contributed by atoms with Crippen molar-refractivity contribution < 1.29 is 9.59 Å². The zero-order valence-electron chi connectivity index (χ0n) is 13.9. The van der Waals surface area contributed by atoms with Crippen molar-refractivity contribution in [1.29, 1.82) is 0 Å². The molecule has 7 nitrogen and oxygen atoms in total. The largest absolute Gasteiger partial charge is 0.341 e. The van der Waals surface area contributed by atoms with E-state index in [9.17, 15) is 9.59 Å². The Morgan fingerprint density at radius 1 is 0.889 bits per heavy atom. The number of aromatic nitrogens is 4. The zero-order chi connectivity index (χ0) is 18.6. The van der Waals surface area contributed by atoms with Crippen molar-refractivity contribution in [2.45, 2.75) is 5.03 Å². The molecule has 2 heterocycles. The standard InChI is InChI=1S/C19H13N5O2S/c25-16(12-7-3-1-4-8-12)23-19-22-15-14(20-11-21-15)17(24-19)27-18(26)13-9-5-2-6-10-13/h1-11H,(H2,20,21,22,23,24,25). The van der Waals surface area contributed by atoms with Crippen molar-refractivity contribution in [1.82, 2.24) is 19.9 Å². The summed E-state index contributed by atoms with van der Waals surface area (Å²) in [6, 6.07) is 17.7. The van der Waals surface area contributed by atoms with Crippen LogP contribution in [0.2, 0.25) is 0 Å². The van der Waals surface area contributed by atoms with Gasteiger partial charge in [0.25, 0.3) is 5.91 Å². The predicted octanol–water partition coefficient (Wildman–Crippen LogP) is 3.54. The third kappa shape index (κ3) is 3.70. The molecular weight excluding hydrogens is 362 g/mol. The third-order valence-electron chi connectivity index (χ3n) is 3.71. The molecule has 2 N–H and O–H groups in total. The molecule has 0 unspecified atom stereocenters.